The molecule has 0 aliphatic carbocycles. The lowest BCUT2D eigenvalue weighted by Gasteiger charge is -2.12. The zero-order valence-corrected chi connectivity index (χ0v) is 16.7. The highest BCUT2D eigenvalue weighted by Crippen LogP contribution is 2.36. The summed E-state index contributed by atoms with van der Waals surface area (Å²) in [5.41, 5.74) is 4.92. The van der Waals surface area contributed by atoms with Crippen molar-refractivity contribution in [2.24, 2.45) is 0 Å². The number of thiophene rings is 1. The van der Waals surface area contributed by atoms with Crippen molar-refractivity contribution >= 4 is 22.2 Å². The van der Waals surface area contributed by atoms with E-state index in [1.165, 1.54) is 0 Å². The van der Waals surface area contributed by atoms with Crippen LogP contribution in [0.1, 0.15) is 11.3 Å². The molecular weight excluding hydrogens is 388 g/mol. The van der Waals surface area contributed by atoms with Crippen molar-refractivity contribution in [3.8, 4) is 33.4 Å². The minimum atomic E-state index is -0.0869. The molecule has 3 aromatic heterocycles. The van der Waals surface area contributed by atoms with Gasteiger partial charge in [-0.05, 0) is 53.3 Å². The molecule has 142 valence electrons. The van der Waals surface area contributed by atoms with E-state index < -0.39 is 0 Å². The third-order valence-corrected chi connectivity index (χ3v) is 5.73. The molecule has 0 atom stereocenters. The molecule has 4 heteroatoms. The first-order valence-electron chi connectivity index (χ1n) is 9.52. The van der Waals surface area contributed by atoms with Gasteiger partial charge in [0.25, 0.3) is 5.56 Å². The molecule has 0 fully saturated rings. The molecule has 0 spiro atoms. The van der Waals surface area contributed by atoms with E-state index in [1.54, 1.807) is 17.5 Å². The molecule has 0 saturated carbocycles. The zero-order chi connectivity index (χ0) is 20.3. The van der Waals surface area contributed by atoms with Crippen molar-refractivity contribution in [3.05, 3.63) is 112 Å². The van der Waals surface area contributed by atoms with E-state index >= 15 is 0 Å². The molecule has 2 aromatic carbocycles. The molecule has 3 nitrogen and oxygen atoms in total. The lowest BCUT2D eigenvalue weighted by Crippen LogP contribution is -2.10. The van der Waals surface area contributed by atoms with Crippen LogP contribution in [0.2, 0.25) is 0 Å². The summed E-state index contributed by atoms with van der Waals surface area (Å²) < 4.78 is 0. The fraction of sp³-hybridized carbons (Fsp3) is 0. The van der Waals surface area contributed by atoms with Crippen molar-refractivity contribution in [1.29, 1.82) is 0 Å². The molecule has 0 bridgehead atoms. The molecule has 30 heavy (non-hydrogen) atoms. The summed E-state index contributed by atoms with van der Waals surface area (Å²) in [7, 11) is 0. The monoisotopic (exact) mass is 404 g/mol. The lowest BCUT2D eigenvalue weighted by molar-refractivity contribution is 1.29. The van der Waals surface area contributed by atoms with E-state index in [2.05, 4.69) is 21.8 Å². The predicted octanol–water partition coefficient (Wildman–Crippen LogP) is 5.72. The molecule has 0 saturated heterocycles. The van der Waals surface area contributed by atoms with E-state index in [9.17, 15) is 4.79 Å². The van der Waals surface area contributed by atoms with Gasteiger partial charge in [-0.2, -0.15) is 0 Å². The van der Waals surface area contributed by atoms with Crippen LogP contribution in [0.3, 0.4) is 0 Å². The number of benzene rings is 2. The number of nitrogens with one attached hydrogen (secondary N) is 1. The summed E-state index contributed by atoms with van der Waals surface area (Å²) >= 11 is 1.56. The van der Waals surface area contributed by atoms with Crippen molar-refractivity contribution < 1.29 is 0 Å². The number of hydrogen-bond donors (Lipinski definition) is 1. The predicted molar refractivity (Wildman–Crippen MR) is 124 cm³/mol. The van der Waals surface area contributed by atoms with Crippen molar-refractivity contribution in [1.82, 2.24) is 9.97 Å². The number of hydrogen-bond acceptors (Lipinski definition) is 3. The Morgan fingerprint density at radius 2 is 1.73 bits per heavy atom. The third-order valence-electron chi connectivity index (χ3n) is 4.84. The molecule has 0 aliphatic heterocycles. The molecule has 0 amide bonds. The molecule has 0 aliphatic rings. The molecule has 3 heterocycles. The molecule has 0 radical (unpaired) electrons. The van der Waals surface area contributed by atoms with Gasteiger partial charge >= 0.3 is 0 Å². The molecule has 0 unspecified atom stereocenters. The average molecular weight is 404 g/mol. The Balaban J connectivity index is 1.73. The Morgan fingerprint density at radius 3 is 2.57 bits per heavy atom. The summed E-state index contributed by atoms with van der Waals surface area (Å²) in [5, 5.41) is 3.00. The topological polar surface area (TPSA) is 45.8 Å². The molecular formula is C26H16N2OS. The van der Waals surface area contributed by atoms with Gasteiger partial charge in [-0.3, -0.25) is 4.79 Å². The van der Waals surface area contributed by atoms with Gasteiger partial charge in [0.2, 0.25) is 0 Å². The second-order valence-corrected chi connectivity index (χ2v) is 7.72. The summed E-state index contributed by atoms with van der Waals surface area (Å²) in [6.45, 7) is 0. The second-order valence-electron chi connectivity index (χ2n) is 6.77. The Hall–Kier alpha value is -3.94. The van der Waals surface area contributed by atoms with Crippen molar-refractivity contribution in [3.63, 3.8) is 0 Å². The van der Waals surface area contributed by atoms with Crippen LogP contribution in [0.4, 0.5) is 0 Å². The Labute approximate surface area is 177 Å². The van der Waals surface area contributed by atoms with Gasteiger partial charge in [-0.25, -0.2) is 4.98 Å². The second kappa shape index (κ2) is 7.82. The van der Waals surface area contributed by atoms with Gasteiger partial charge in [-0.15, -0.1) is 11.3 Å². The van der Waals surface area contributed by atoms with Crippen LogP contribution in [-0.2, 0) is 0 Å². The minimum absolute atomic E-state index is 0.0869. The summed E-state index contributed by atoms with van der Waals surface area (Å²) in [5.74, 6) is 6.30. The number of aromatic nitrogens is 2. The number of H-pyrrole nitrogens is 1. The van der Waals surface area contributed by atoms with Crippen LogP contribution in [0.15, 0.2) is 95.2 Å². The van der Waals surface area contributed by atoms with Gasteiger partial charge in [0.1, 0.15) is 5.69 Å². The van der Waals surface area contributed by atoms with E-state index in [-0.39, 0.29) is 5.56 Å². The van der Waals surface area contributed by atoms with Crippen LogP contribution in [0.5, 0.6) is 0 Å². The maximum Gasteiger partial charge on any atom is 0.257 e. The SMILES string of the molecule is O=c1[nH]c2ccccc2c(-c2cccc(C#Cc3ccccn3)c2)c1-c1cccs1. The van der Waals surface area contributed by atoms with E-state index in [4.69, 9.17) is 0 Å². The minimum Gasteiger partial charge on any atom is -0.321 e. The number of aromatic amines is 1. The fourth-order valence-corrected chi connectivity index (χ4v) is 4.30. The van der Waals surface area contributed by atoms with E-state index in [0.29, 0.717) is 5.56 Å². The lowest BCUT2D eigenvalue weighted by atomic mass is 9.94. The van der Waals surface area contributed by atoms with Crippen LogP contribution in [0, 0.1) is 11.8 Å². The van der Waals surface area contributed by atoms with Crippen molar-refractivity contribution in [2.45, 2.75) is 0 Å². The Bertz CT molecular complexity index is 1460. The fourth-order valence-electron chi connectivity index (χ4n) is 3.52. The van der Waals surface area contributed by atoms with Crippen LogP contribution in [-0.4, -0.2) is 9.97 Å². The first-order valence-corrected chi connectivity index (χ1v) is 10.4. The van der Waals surface area contributed by atoms with E-state index in [1.807, 2.05) is 84.2 Å². The van der Waals surface area contributed by atoms with Gasteiger partial charge in [0, 0.05) is 33.1 Å². The highest BCUT2D eigenvalue weighted by atomic mass is 32.1. The van der Waals surface area contributed by atoms with Crippen LogP contribution < -0.4 is 5.56 Å². The van der Waals surface area contributed by atoms with Gasteiger partial charge in [0.05, 0.1) is 5.56 Å². The number of nitrogens with zero attached hydrogens (tertiary/aromatic N) is 1. The number of fused-ring (bicyclic) bond motifs is 1. The Kier molecular flexibility index (Phi) is 4.72. The number of pyridine rings is 2. The summed E-state index contributed by atoms with van der Waals surface area (Å²) in [6, 6.07) is 25.5. The van der Waals surface area contributed by atoms with Crippen LogP contribution >= 0.6 is 11.3 Å². The maximum absolute atomic E-state index is 13.0. The highest BCUT2D eigenvalue weighted by molar-refractivity contribution is 7.13. The van der Waals surface area contributed by atoms with E-state index in [0.717, 1.165) is 38.2 Å². The van der Waals surface area contributed by atoms with Crippen molar-refractivity contribution in [2.75, 3.05) is 0 Å². The number of para-hydroxylation sites is 1. The smallest absolute Gasteiger partial charge is 0.257 e. The highest BCUT2D eigenvalue weighted by Gasteiger charge is 2.17. The maximum atomic E-state index is 13.0. The first kappa shape index (κ1) is 18.1. The standard InChI is InChI=1S/C26H16N2OS/c29-26-25(23-12-6-16-30-23)24(21-10-1-2-11-22(21)28-26)19-8-5-7-18(17-19)13-14-20-9-3-4-15-27-20/h1-12,15-17H,(H,28,29). The summed E-state index contributed by atoms with van der Waals surface area (Å²) in [6.07, 6.45) is 1.73. The molecule has 5 rings (SSSR count). The Morgan fingerprint density at radius 1 is 0.833 bits per heavy atom. The van der Waals surface area contributed by atoms with Gasteiger partial charge in [-0.1, -0.05) is 48.4 Å². The third kappa shape index (κ3) is 3.43. The van der Waals surface area contributed by atoms with Gasteiger partial charge < -0.3 is 4.98 Å². The first-order chi connectivity index (χ1) is 14.8. The molecule has 5 aromatic rings. The zero-order valence-electron chi connectivity index (χ0n) is 15.9. The molecule has 1 N–H and O–H groups in total. The normalized spacial score (nSPS) is 10.5. The largest absolute Gasteiger partial charge is 0.321 e. The van der Waals surface area contributed by atoms with Gasteiger partial charge in [0.15, 0.2) is 0 Å². The average Bonchev–Trinajstić information content (AvgIpc) is 3.32. The summed E-state index contributed by atoms with van der Waals surface area (Å²) in [4.78, 5) is 21.3. The van der Waals surface area contributed by atoms with Crippen LogP contribution in [0.25, 0.3) is 32.5 Å². The number of rotatable bonds is 2. The quantitative estimate of drug-likeness (QED) is 0.383.